The Kier molecular flexibility index (Phi) is 4.54. The minimum Gasteiger partial charge on any atom is -0.481 e. The predicted molar refractivity (Wildman–Crippen MR) is 100 cm³/mol. The minimum atomic E-state index is -0.532. The molecule has 4 bridgehead atoms. The summed E-state index contributed by atoms with van der Waals surface area (Å²) < 4.78 is 5.84. The van der Waals surface area contributed by atoms with Crippen LogP contribution in [0.2, 0.25) is 0 Å². The van der Waals surface area contributed by atoms with Gasteiger partial charge in [-0.25, -0.2) is 0 Å². The van der Waals surface area contributed by atoms with Crippen LogP contribution in [0, 0.1) is 17.8 Å². The van der Waals surface area contributed by atoms with Crippen molar-refractivity contribution in [2.24, 2.45) is 17.8 Å². The highest BCUT2D eigenvalue weighted by atomic mass is 16.5. The van der Waals surface area contributed by atoms with Gasteiger partial charge in [-0.3, -0.25) is 9.59 Å². The summed E-state index contributed by atoms with van der Waals surface area (Å²) in [5.74, 6) is 3.15. The van der Waals surface area contributed by atoms with Crippen molar-refractivity contribution in [2.75, 3.05) is 0 Å². The largest absolute Gasteiger partial charge is 0.481 e. The Morgan fingerprint density at radius 3 is 2.12 bits per heavy atom. The maximum absolute atomic E-state index is 12.8. The van der Waals surface area contributed by atoms with E-state index in [4.69, 9.17) is 4.74 Å². The Morgan fingerprint density at radius 1 is 1.08 bits per heavy atom. The van der Waals surface area contributed by atoms with E-state index in [0.717, 1.165) is 37.0 Å². The summed E-state index contributed by atoms with van der Waals surface area (Å²) in [6, 6.07) is 7.09. The molecule has 0 heterocycles. The van der Waals surface area contributed by atoms with Crippen LogP contribution in [0.1, 0.15) is 69.2 Å². The Balaban J connectivity index is 1.37. The molecule has 1 N–H and O–H groups in total. The summed E-state index contributed by atoms with van der Waals surface area (Å²) in [5.41, 5.74) is 0.700. The topological polar surface area (TPSA) is 55.4 Å². The molecule has 1 atom stereocenters. The minimum absolute atomic E-state index is 0.0133. The van der Waals surface area contributed by atoms with Crippen LogP contribution in [0.15, 0.2) is 24.3 Å². The first-order valence-corrected chi connectivity index (χ1v) is 10.1. The fourth-order valence-corrected chi connectivity index (χ4v) is 5.81. The Bertz CT molecular complexity index is 659. The van der Waals surface area contributed by atoms with Crippen molar-refractivity contribution >= 4 is 11.7 Å². The van der Waals surface area contributed by atoms with Gasteiger partial charge in [0.1, 0.15) is 5.75 Å². The number of rotatable bonds is 6. The third kappa shape index (κ3) is 3.38. The number of ether oxygens (including phenoxy) is 1. The van der Waals surface area contributed by atoms with E-state index in [1.165, 1.54) is 19.3 Å². The first-order valence-electron chi connectivity index (χ1n) is 10.1. The van der Waals surface area contributed by atoms with Crippen LogP contribution < -0.4 is 10.1 Å². The normalized spacial score (nSPS) is 32.9. The van der Waals surface area contributed by atoms with Crippen LogP contribution in [-0.2, 0) is 4.79 Å². The first-order chi connectivity index (χ1) is 12.5. The lowest BCUT2D eigenvalue weighted by atomic mass is 9.53. The Morgan fingerprint density at radius 2 is 1.62 bits per heavy atom. The molecule has 0 spiro atoms. The second-order valence-corrected chi connectivity index (χ2v) is 8.75. The fraction of sp³-hybridized carbons (Fsp3) is 0.636. The number of ketones is 1. The summed E-state index contributed by atoms with van der Waals surface area (Å²) >= 11 is 0. The zero-order valence-electron chi connectivity index (χ0n) is 15.8. The molecule has 1 aromatic carbocycles. The van der Waals surface area contributed by atoms with Crippen LogP contribution in [0.25, 0.3) is 0 Å². The van der Waals surface area contributed by atoms with Crippen LogP contribution in [0.5, 0.6) is 5.75 Å². The van der Waals surface area contributed by atoms with Crippen molar-refractivity contribution in [3.63, 3.8) is 0 Å². The zero-order valence-corrected chi connectivity index (χ0v) is 15.8. The fourth-order valence-electron chi connectivity index (χ4n) is 5.81. The summed E-state index contributed by atoms with van der Waals surface area (Å²) in [4.78, 5) is 24.5. The monoisotopic (exact) mass is 355 g/mol. The lowest BCUT2D eigenvalue weighted by Crippen LogP contribution is -2.61. The van der Waals surface area contributed by atoms with Gasteiger partial charge >= 0.3 is 0 Å². The molecule has 4 heteroatoms. The summed E-state index contributed by atoms with van der Waals surface area (Å²) in [7, 11) is 0. The van der Waals surface area contributed by atoms with E-state index < -0.39 is 6.10 Å². The lowest BCUT2D eigenvalue weighted by molar-refractivity contribution is -0.133. The second kappa shape index (κ2) is 6.71. The quantitative estimate of drug-likeness (QED) is 0.781. The molecule has 0 radical (unpaired) electrons. The van der Waals surface area contributed by atoms with Crippen molar-refractivity contribution in [3.05, 3.63) is 29.8 Å². The molecular formula is C22H29NO3. The molecule has 140 valence electrons. The molecule has 0 saturated heterocycles. The van der Waals surface area contributed by atoms with Gasteiger partial charge in [-0.1, -0.05) is 6.92 Å². The molecular weight excluding hydrogens is 326 g/mol. The van der Waals surface area contributed by atoms with Crippen LogP contribution >= 0.6 is 0 Å². The SMILES string of the molecule is CCC(=O)c1ccc(O[C@@H](C)C(=O)NC23CC4CC(CC(C4)C2)C3)cc1. The number of benzene rings is 1. The van der Waals surface area contributed by atoms with Gasteiger partial charge in [0.15, 0.2) is 11.9 Å². The summed E-state index contributed by atoms with van der Waals surface area (Å²) in [6.45, 7) is 3.66. The maximum atomic E-state index is 12.8. The highest BCUT2D eigenvalue weighted by Crippen LogP contribution is 2.55. The predicted octanol–water partition coefficient (Wildman–Crippen LogP) is 4.13. The average molecular weight is 355 g/mol. The Hall–Kier alpha value is -1.84. The van der Waals surface area contributed by atoms with E-state index in [-0.39, 0.29) is 17.2 Å². The molecule has 5 rings (SSSR count). The van der Waals surface area contributed by atoms with Gasteiger partial charge in [0, 0.05) is 17.5 Å². The molecule has 26 heavy (non-hydrogen) atoms. The van der Waals surface area contributed by atoms with Crippen LogP contribution in [-0.4, -0.2) is 23.3 Å². The van der Waals surface area contributed by atoms with Gasteiger partial charge in [0.2, 0.25) is 0 Å². The van der Waals surface area contributed by atoms with Crippen molar-refractivity contribution in [2.45, 2.75) is 70.4 Å². The number of hydrogen-bond acceptors (Lipinski definition) is 3. The maximum Gasteiger partial charge on any atom is 0.261 e. The van der Waals surface area contributed by atoms with E-state index in [1.54, 1.807) is 31.2 Å². The standard InChI is InChI=1S/C22H29NO3/c1-3-20(24)18-4-6-19(7-5-18)26-14(2)21(25)23-22-11-15-8-16(12-22)10-17(9-15)13-22/h4-7,14-17H,3,8-13H2,1-2H3,(H,23,25)/t14-,15?,16?,17?,22?/m0/s1. The average Bonchev–Trinajstić information content (AvgIpc) is 2.60. The van der Waals surface area contributed by atoms with Crippen molar-refractivity contribution < 1.29 is 14.3 Å². The van der Waals surface area contributed by atoms with Gasteiger partial charge in [0.05, 0.1) is 0 Å². The molecule has 0 unspecified atom stereocenters. The van der Waals surface area contributed by atoms with Gasteiger partial charge in [-0.2, -0.15) is 0 Å². The molecule has 4 nitrogen and oxygen atoms in total. The first kappa shape index (κ1) is 17.6. The van der Waals surface area contributed by atoms with Gasteiger partial charge in [-0.15, -0.1) is 0 Å². The zero-order chi connectivity index (χ0) is 18.3. The number of carbonyl (C=O) groups is 2. The number of nitrogens with one attached hydrogen (secondary N) is 1. The lowest BCUT2D eigenvalue weighted by Gasteiger charge is -2.57. The number of amides is 1. The van der Waals surface area contributed by atoms with Crippen molar-refractivity contribution in [1.29, 1.82) is 0 Å². The van der Waals surface area contributed by atoms with Gasteiger partial charge in [0.25, 0.3) is 5.91 Å². The molecule has 1 aromatic rings. The number of Topliss-reactive ketones (excluding diaryl/α,β-unsaturated/α-hetero) is 1. The van der Waals surface area contributed by atoms with Crippen molar-refractivity contribution in [1.82, 2.24) is 5.32 Å². The molecule has 0 aliphatic heterocycles. The van der Waals surface area contributed by atoms with E-state index >= 15 is 0 Å². The molecule has 4 aliphatic rings. The van der Waals surface area contributed by atoms with Gasteiger partial charge in [-0.05, 0) is 87.5 Å². The smallest absolute Gasteiger partial charge is 0.261 e. The molecule has 4 fully saturated rings. The summed E-state index contributed by atoms with van der Waals surface area (Å²) in [6.07, 6.45) is 7.49. The summed E-state index contributed by atoms with van der Waals surface area (Å²) in [5, 5.41) is 3.37. The number of carbonyl (C=O) groups excluding carboxylic acids is 2. The van der Waals surface area contributed by atoms with Gasteiger partial charge < -0.3 is 10.1 Å². The van der Waals surface area contributed by atoms with E-state index in [1.807, 2.05) is 6.92 Å². The van der Waals surface area contributed by atoms with Crippen molar-refractivity contribution in [3.8, 4) is 5.75 Å². The van der Waals surface area contributed by atoms with E-state index in [9.17, 15) is 9.59 Å². The third-order valence-corrected chi connectivity index (χ3v) is 6.61. The molecule has 4 aliphatic carbocycles. The Labute approximate surface area is 155 Å². The highest BCUT2D eigenvalue weighted by molar-refractivity contribution is 5.95. The van der Waals surface area contributed by atoms with Crippen LogP contribution in [0.3, 0.4) is 0 Å². The van der Waals surface area contributed by atoms with Crippen LogP contribution in [0.4, 0.5) is 0 Å². The second-order valence-electron chi connectivity index (χ2n) is 8.75. The third-order valence-electron chi connectivity index (χ3n) is 6.61. The molecule has 4 saturated carbocycles. The molecule has 0 aromatic heterocycles. The highest BCUT2D eigenvalue weighted by Gasteiger charge is 2.51. The number of hydrogen-bond donors (Lipinski definition) is 1. The van der Waals surface area contributed by atoms with E-state index in [2.05, 4.69) is 5.32 Å². The molecule has 1 amide bonds. The van der Waals surface area contributed by atoms with E-state index in [0.29, 0.717) is 17.7 Å².